The molecule has 4 rings (SSSR count). The van der Waals surface area contributed by atoms with Crippen LogP contribution in [0, 0.1) is 0 Å². The summed E-state index contributed by atoms with van der Waals surface area (Å²) in [5, 5.41) is 9.78. The van der Waals surface area contributed by atoms with Gasteiger partial charge in [-0.1, -0.05) is 32.1 Å². The number of carbonyl (C=O) groups excluding carboxylic acids is 2. The van der Waals surface area contributed by atoms with Crippen molar-refractivity contribution >= 4 is 23.2 Å². The van der Waals surface area contributed by atoms with E-state index < -0.39 is 11.3 Å². The number of rotatable bonds is 7. The number of nitrogens with one attached hydrogen (secondary N) is 2. The van der Waals surface area contributed by atoms with Crippen molar-refractivity contribution in [1.29, 1.82) is 0 Å². The summed E-state index contributed by atoms with van der Waals surface area (Å²) in [6.07, 6.45) is 12.7. The average Bonchev–Trinajstić information content (AvgIpc) is 3.49. The summed E-state index contributed by atoms with van der Waals surface area (Å²) < 4.78 is 7.50. The maximum absolute atomic E-state index is 13.2. The third-order valence-corrected chi connectivity index (χ3v) is 7.21. The number of nitrogens with zero attached hydrogens (tertiary/aromatic N) is 1. The van der Waals surface area contributed by atoms with Gasteiger partial charge in [0.2, 0.25) is 5.43 Å². The van der Waals surface area contributed by atoms with Crippen molar-refractivity contribution in [2.24, 2.45) is 0 Å². The van der Waals surface area contributed by atoms with Crippen LogP contribution in [-0.2, 0) is 17.8 Å². The number of thiophene rings is 1. The molecule has 0 unspecified atom stereocenters. The van der Waals surface area contributed by atoms with Crippen LogP contribution in [0.15, 0.2) is 34.0 Å². The largest absolute Gasteiger partial charge is 0.376 e. The summed E-state index contributed by atoms with van der Waals surface area (Å²) in [4.78, 5) is 39.3. The zero-order valence-corrected chi connectivity index (χ0v) is 19.8. The van der Waals surface area contributed by atoms with Crippen LogP contribution in [-0.4, -0.2) is 35.1 Å². The quantitative estimate of drug-likeness (QED) is 0.642. The molecule has 2 amide bonds. The molecule has 1 saturated heterocycles. The number of hydrogen-bond acceptors (Lipinski definition) is 5. The van der Waals surface area contributed by atoms with E-state index in [-0.39, 0.29) is 29.2 Å². The van der Waals surface area contributed by atoms with Crippen molar-refractivity contribution in [3.8, 4) is 0 Å². The number of ether oxygens (including phenoxy) is 1. The molecule has 2 aromatic heterocycles. The molecule has 0 spiro atoms. The predicted octanol–water partition coefficient (Wildman–Crippen LogP) is 3.86. The molecule has 2 aliphatic rings. The molecule has 1 atom stereocenters. The van der Waals surface area contributed by atoms with Crippen molar-refractivity contribution in [3.63, 3.8) is 0 Å². The Bertz CT molecular complexity index is 988. The first-order chi connectivity index (χ1) is 16.1. The normalized spacial score (nSPS) is 19.6. The Hall–Kier alpha value is -2.45. The van der Waals surface area contributed by atoms with Crippen LogP contribution in [0.4, 0.5) is 0 Å². The second-order valence-corrected chi connectivity index (χ2v) is 9.86. The number of hydrogen-bond donors (Lipinski definition) is 2. The first kappa shape index (κ1) is 23.7. The van der Waals surface area contributed by atoms with Gasteiger partial charge in [-0.05, 0) is 48.1 Å². The molecular weight excluding hydrogens is 438 g/mol. The molecule has 0 bridgehead atoms. The maximum atomic E-state index is 13.2. The maximum Gasteiger partial charge on any atom is 0.257 e. The first-order valence-electron chi connectivity index (χ1n) is 12.1. The van der Waals surface area contributed by atoms with E-state index in [1.54, 1.807) is 28.3 Å². The summed E-state index contributed by atoms with van der Waals surface area (Å²) in [6, 6.07) is 2.00. The van der Waals surface area contributed by atoms with E-state index in [1.807, 2.05) is 16.8 Å². The van der Waals surface area contributed by atoms with E-state index in [0.717, 1.165) is 44.1 Å². The van der Waals surface area contributed by atoms with Crippen molar-refractivity contribution in [1.82, 2.24) is 15.2 Å². The summed E-state index contributed by atoms with van der Waals surface area (Å²) in [5.74, 6) is -0.855. The minimum Gasteiger partial charge on any atom is -0.376 e. The van der Waals surface area contributed by atoms with Gasteiger partial charge in [-0.3, -0.25) is 14.4 Å². The molecule has 3 heterocycles. The third kappa shape index (κ3) is 6.54. The molecule has 7 nitrogen and oxygen atoms in total. The monoisotopic (exact) mass is 471 g/mol. The van der Waals surface area contributed by atoms with Crippen LogP contribution >= 0.6 is 11.3 Å². The predicted molar refractivity (Wildman–Crippen MR) is 129 cm³/mol. The van der Waals surface area contributed by atoms with Crippen molar-refractivity contribution in [3.05, 3.63) is 56.1 Å². The molecule has 2 fully saturated rings. The lowest BCUT2D eigenvalue weighted by Crippen LogP contribution is -2.40. The van der Waals surface area contributed by atoms with Crippen molar-refractivity contribution < 1.29 is 14.3 Å². The highest BCUT2D eigenvalue weighted by atomic mass is 32.1. The number of amides is 2. The fraction of sp³-hybridized carbons (Fsp3) is 0.560. The average molecular weight is 472 g/mol. The number of pyridine rings is 1. The highest BCUT2D eigenvalue weighted by Crippen LogP contribution is 2.18. The minimum atomic E-state index is -0.523. The molecule has 1 aliphatic heterocycles. The smallest absolute Gasteiger partial charge is 0.257 e. The van der Waals surface area contributed by atoms with Crippen LogP contribution in [0.2, 0.25) is 0 Å². The van der Waals surface area contributed by atoms with E-state index in [0.29, 0.717) is 19.7 Å². The molecule has 1 saturated carbocycles. The van der Waals surface area contributed by atoms with Gasteiger partial charge in [-0.15, -0.1) is 0 Å². The van der Waals surface area contributed by atoms with Gasteiger partial charge in [0.05, 0.1) is 6.10 Å². The van der Waals surface area contributed by atoms with Crippen LogP contribution in [0.1, 0.15) is 84.1 Å². The van der Waals surface area contributed by atoms with Crippen LogP contribution < -0.4 is 16.1 Å². The molecule has 8 heteroatoms. The number of carbonyl (C=O) groups is 2. The minimum absolute atomic E-state index is 0.00598. The van der Waals surface area contributed by atoms with E-state index in [4.69, 9.17) is 4.74 Å². The van der Waals surface area contributed by atoms with E-state index >= 15 is 0 Å². The standard InChI is InChI=1S/C25H33N3O4S/c29-23-21(24(30)26-13-18-10-12-33-17-18)15-28(14-20-9-6-11-32-20)16-22(23)25(31)27-19-7-4-2-1-3-5-8-19/h10,12,15-17,19-20H,1-9,11,13-14H2,(H,26,30)(H,27,31)/t20-/m1/s1. The highest BCUT2D eigenvalue weighted by Gasteiger charge is 2.23. The van der Waals surface area contributed by atoms with E-state index in [1.165, 1.54) is 19.3 Å². The first-order valence-corrected chi connectivity index (χ1v) is 13.0. The van der Waals surface area contributed by atoms with Gasteiger partial charge in [-0.2, -0.15) is 11.3 Å². The SMILES string of the molecule is O=C(NCc1ccsc1)c1cn(C[C@H]2CCCO2)cc(C(=O)NC2CCCCCCC2)c1=O. The van der Waals surface area contributed by atoms with Crippen molar-refractivity contribution in [2.45, 2.75) is 83.0 Å². The fourth-order valence-corrected chi connectivity index (χ4v) is 5.29. The zero-order chi connectivity index (χ0) is 23.0. The Morgan fingerprint density at radius 2 is 1.73 bits per heavy atom. The second kappa shape index (κ2) is 11.6. The summed E-state index contributed by atoms with van der Waals surface area (Å²) in [7, 11) is 0. The molecule has 0 radical (unpaired) electrons. The summed E-state index contributed by atoms with van der Waals surface area (Å²) >= 11 is 1.55. The summed E-state index contributed by atoms with van der Waals surface area (Å²) in [6.45, 7) is 1.56. The summed E-state index contributed by atoms with van der Waals surface area (Å²) in [5.41, 5.74) is 0.475. The lowest BCUT2D eigenvalue weighted by Gasteiger charge is -2.21. The fourth-order valence-electron chi connectivity index (χ4n) is 4.62. The highest BCUT2D eigenvalue weighted by molar-refractivity contribution is 7.07. The van der Waals surface area contributed by atoms with Gasteiger partial charge in [0.15, 0.2) is 0 Å². The van der Waals surface area contributed by atoms with Crippen LogP contribution in [0.3, 0.4) is 0 Å². The molecule has 0 aromatic carbocycles. The Morgan fingerprint density at radius 1 is 1.00 bits per heavy atom. The Balaban J connectivity index is 1.55. The van der Waals surface area contributed by atoms with Crippen LogP contribution in [0.5, 0.6) is 0 Å². The van der Waals surface area contributed by atoms with E-state index in [9.17, 15) is 14.4 Å². The lowest BCUT2D eigenvalue weighted by molar-refractivity contribution is 0.0914. The zero-order valence-electron chi connectivity index (χ0n) is 19.0. The van der Waals surface area contributed by atoms with Gasteiger partial charge < -0.3 is 19.9 Å². The van der Waals surface area contributed by atoms with Gasteiger partial charge in [0.1, 0.15) is 11.1 Å². The van der Waals surface area contributed by atoms with Gasteiger partial charge in [0, 0.05) is 38.1 Å². The lowest BCUT2D eigenvalue weighted by atomic mass is 9.96. The molecular formula is C25H33N3O4S. The van der Waals surface area contributed by atoms with Crippen molar-refractivity contribution in [2.75, 3.05) is 6.61 Å². The van der Waals surface area contributed by atoms with Gasteiger partial charge in [0.25, 0.3) is 11.8 Å². The molecule has 1 aliphatic carbocycles. The third-order valence-electron chi connectivity index (χ3n) is 6.48. The molecule has 33 heavy (non-hydrogen) atoms. The topological polar surface area (TPSA) is 89.4 Å². The molecule has 2 aromatic rings. The number of aromatic nitrogens is 1. The van der Waals surface area contributed by atoms with Crippen LogP contribution in [0.25, 0.3) is 0 Å². The Labute approximate surface area is 198 Å². The second-order valence-electron chi connectivity index (χ2n) is 9.08. The van der Waals surface area contributed by atoms with E-state index in [2.05, 4.69) is 10.6 Å². The molecule has 2 N–H and O–H groups in total. The Morgan fingerprint density at radius 3 is 2.39 bits per heavy atom. The molecule has 178 valence electrons. The Kier molecular flexibility index (Phi) is 8.34. The van der Waals surface area contributed by atoms with Gasteiger partial charge >= 0.3 is 0 Å². The van der Waals surface area contributed by atoms with Gasteiger partial charge in [-0.25, -0.2) is 0 Å².